The van der Waals surface area contributed by atoms with E-state index in [-0.39, 0.29) is 42.2 Å². The molecule has 2 fully saturated rings. The maximum absolute atomic E-state index is 12.0. The molecule has 3 rings (SSSR count). The molecule has 1 aromatic rings. The van der Waals surface area contributed by atoms with Crippen LogP contribution in [0.2, 0.25) is 0 Å². The summed E-state index contributed by atoms with van der Waals surface area (Å²) in [4.78, 5) is 12.2. The van der Waals surface area contributed by atoms with E-state index in [4.69, 9.17) is 0 Å². The van der Waals surface area contributed by atoms with Gasteiger partial charge in [-0.25, -0.2) is 13.1 Å². The van der Waals surface area contributed by atoms with Crippen molar-refractivity contribution in [2.45, 2.75) is 55.1 Å². The van der Waals surface area contributed by atoms with Gasteiger partial charge in [0.1, 0.15) is 0 Å². The van der Waals surface area contributed by atoms with Gasteiger partial charge in [0.2, 0.25) is 15.9 Å². The van der Waals surface area contributed by atoms with Crippen LogP contribution in [0.15, 0.2) is 35.2 Å². The van der Waals surface area contributed by atoms with Gasteiger partial charge in [-0.15, -0.1) is 12.4 Å². The van der Waals surface area contributed by atoms with Gasteiger partial charge in [-0.05, 0) is 37.8 Å². The first-order valence-electron chi connectivity index (χ1n) is 8.13. The molecule has 0 aromatic heterocycles. The fraction of sp³-hybridized carbons (Fsp3) is 0.562. The molecule has 0 spiro atoms. The number of benzene rings is 1. The molecular weight excluding hydrogens is 350 g/mol. The fourth-order valence-electron chi connectivity index (χ4n) is 3.46. The van der Waals surface area contributed by atoms with Crippen molar-refractivity contribution in [1.82, 2.24) is 15.4 Å². The highest BCUT2D eigenvalue weighted by Gasteiger charge is 2.33. The maximum Gasteiger partial charge on any atom is 0.240 e. The van der Waals surface area contributed by atoms with Crippen molar-refractivity contribution < 1.29 is 13.2 Å². The first-order chi connectivity index (χ1) is 11.0. The van der Waals surface area contributed by atoms with Gasteiger partial charge < -0.3 is 10.6 Å². The maximum atomic E-state index is 12.0. The van der Waals surface area contributed by atoms with Crippen LogP contribution >= 0.6 is 12.4 Å². The predicted octanol–water partition coefficient (Wildman–Crippen LogP) is 1.18. The van der Waals surface area contributed by atoms with Crippen molar-refractivity contribution in [3.63, 3.8) is 0 Å². The number of amides is 1. The highest BCUT2D eigenvalue weighted by Crippen LogP contribution is 2.26. The third-order valence-corrected chi connectivity index (χ3v) is 6.01. The van der Waals surface area contributed by atoms with Crippen LogP contribution in [-0.2, 0) is 14.8 Å². The molecule has 2 heterocycles. The zero-order valence-corrected chi connectivity index (χ0v) is 15.0. The standard InChI is InChI=1S/C16H23N3O3S.ClH/c20-16(19-14-10-12-6-7-13(11-14)18-12)8-9-17-23(21,22)15-4-2-1-3-5-15;/h1-5,12-14,17-18H,6-11H2,(H,19,20);1H. The Morgan fingerprint density at radius 3 is 2.38 bits per heavy atom. The summed E-state index contributed by atoms with van der Waals surface area (Å²) in [5.74, 6) is -0.0907. The Morgan fingerprint density at radius 1 is 1.12 bits per heavy atom. The lowest BCUT2D eigenvalue weighted by Gasteiger charge is -2.29. The summed E-state index contributed by atoms with van der Waals surface area (Å²) in [6.45, 7) is 0.112. The lowest BCUT2D eigenvalue weighted by molar-refractivity contribution is -0.121. The minimum Gasteiger partial charge on any atom is -0.353 e. The molecule has 6 nitrogen and oxygen atoms in total. The SMILES string of the molecule is Cl.O=C(CCNS(=O)(=O)c1ccccc1)NC1CC2CCC(C1)N2. The summed E-state index contributed by atoms with van der Waals surface area (Å²) in [5.41, 5.74) is 0. The second-order valence-electron chi connectivity index (χ2n) is 6.33. The number of piperidine rings is 1. The quantitative estimate of drug-likeness (QED) is 0.698. The molecule has 2 aliphatic rings. The molecule has 2 unspecified atom stereocenters. The first-order valence-corrected chi connectivity index (χ1v) is 9.61. The van der Waals surface area contributed by atoms with E-state index >= 15 is 0 Å². The molecule has 0 saturated carbocycles. The lowest BCUT2D eigenvalue weighted by atomic mass is 10.00. The monoisotopic (exact) mass is 373 g/mol. The molecule has 3 N–H and O–H groups in total. The number of rotatable bonds is 6. The van der Waals surface area contributed by atoms with Crippen LogP contribution in [0, 0.1) is 0 Å². The molecule has 2 bridgehead atoms. The second-order valence-corrected chi connectivity index (χ2v) is 8.10. The Labute approximate surface area is 149 Å². The van der Waals surface area contributed by atoms with Crippen LogP contribution in [0.3, 0.4) is 0 Å². The van der Waals surface area contributed by atoms with Crippen molar-refractivity contribution in [2.24, 2.45) is 0 Å². The average Bonchev–Trinajstić information content (AvgIpc) is 2.87. The van der Waals surface area contributed by atoms with E-state index in [2.05, 4.69) is 15.4 Å². The summed E-state index contributed by atoms with van der Waals surface area (Å²) in [6.07, 6.45) is 4.48. The Bertz CT molecular complexity index is 642. The van der Waals surface area contributed by atoms with Crippen molar-refractivity contribution in [2.75, 3.05) is 6.54 Å². The summed E-state index contributed by atoms with van der Waals surface area (Å²) >= 11 is 0. The number of carbonyl (C=O) groups is 1. The highest BCUT2D eigenvalue weighted by atomic mass is 35.5. The van der Waals surface area contributed by atoms with Crippen LogP contribution in [-0.4, -0.2) is 39.0 Å². The zero-order chi connectivity index (χ0) is 16.3. The Hall–Kier alpha value is -1.15. The Balaban J connectivity index is 0.00000208. The van der Waals surface area contributed by atoms with E-state index in [1.54, 1.807) is 18.2 Å². The fourth-order valence-corrected chi connectivity index (χ4v) is 4.51. The van der Waals surface area contributed by atoms with Gasteiger partial charge in [-0.1, -0.05) is 18.2 Å². The largest absolute Gasteiger partial charge is 0.353 e. The van der Waals surface area contributed by atoms with E-state index in [9.17, 15) is 13.2 Å². The smallest absolute Gasteiger partial charge is 0.240 e. The van der Waals surface area contributed by atoms with Crippen LogP contribution in [0.25, 0.3) is 0 Å². The van der Waals surface area contributed by atoms with Gasteiger partial charge in [0.15, 0.2) is 0 Å². The number of carbonyl (C=O) groups excluding carboxylic acids is 1. The molecule has 134 valence electrons. The normalized spacial score (nSPS) is 25.8. The van der Waals surface area contributed by atoms with E-state index in [1.165, 1.54) is 25.0 Å². The van der Waals surface area contributed by atoms with Crippen LogP contribution in [0.4, 0.5) is 0 Å². The minimum absolute atomic E-state index is 0. The van der Waals surface area contributed by atoms with Gasteiger partial charge in [0.05, 0.1) is 4.90 Å². The number of hydrogen-bond donors (Lipinski definition) is 3. The Kier molecular flexibility index (Phi) is 6.62. The van der Waals surface area contributed by atoms with Crippen LogP contribution in [0.5, 0.6) is 0 Å². The Morgan fingerprint density at radius 2 is 1.75 bits per heavy atom. The van der Waals surface area contributed by atoms with Crippen molar-refractivity contribution in [1.29, 1.82) is 0 Å². The van der Waals surface area contributed by atoms with Gasteiger partial charge in [-0.2, -0.15) is 0 Å². The van der Waals surface area contributed by atoms with Crippen LogP contribution in [0.1, 0.15) is 32.1 Å². The number of hydrogen-bond acceptors (Lipinski definition) is 4. The molecule has 1 amide bonds. The molecule has 24 heavy (non-hydrogen) atoms. The van der Waals surface area contributed by atoms with E-state index in [0.717, 1.165) is 12.8 Å². The minimum atomic E-state index is -3.54. The zero-order valence-electron chi connectivity index (χ0n) is 13.4. The summed E-state index contributed by atoms with van der Waals surface area (Å²) < 4.78 is 26.6. The topological polar surface area (TPSA) is 87.3 Å². The number of nitrogens with one attached hydrogen (secondary N) is 3. The summed E-state index contributed by atoms with van der Waals surface area (Å²) in [6, 6.07) is 9.44. The molecule has 8 heteroatoms. The third kappa shape index (κ3) is 4.92. The second kappa shape index (κ2) is 8.29. The predicted molar refractivity (Wildman–Crippen MR) is 94.6 cm³/mol. The third-order valence-electron chi connectivity index (χ3n) is 4.54. The van der Waals surface area contributed by atoms with Crippen LogP contribution < -0.4 is 15.4 Å². The van der Waals surface area contributed by atoms with E-state index in [1.807, 2.05) is 0 Å². The molecule has 2 saturated heterocycles. The molecular formula is C16H24ClN3O3S. The van der Waals surface area contributed by atoms with Crippen molar-refractivity contribution >= 4 is 28.3 Å². The van der Waals surface area contributed by atoms with Gasteiger partial charge in [-0.3, -0.25) is 4.79 Å². The number of fused-ring (bicyclic) bond motifs is 2. The lowest BCUT2D eigenvalue weighted by Crippen LogP contribution is -2.48. The van der Waals surface area contributed by atoms with Gasteiger partial charge in [0.25, 0.3) is 0 Å². The van der Waals surface area contributed by atoms with E-state index in [0.29, 0.717) is 12.1 Å². The first kappa shape index (κ1) is 19.2. The number of halogens is 1. The molecule has 0 aliphatic carbocycles. The summed E-state index contributed by atoms with van der Waals surface area (Å²) in [5, 5.41) is 6.56. The molecule has 1 aromatic carbocycles. The average molecular weight is 374 g/mol. The van der Waals surface area contributed by atoms with Crippen molar-refractivity contribution in [3.05, 3.63) is 30.3 Å². The molecule has 2 aliphatic heterocycles. The molecule has 2 atom stereocenters. The van der Waals surface area contributed by atoms with Gasteiger partial charge >= 0.3 is 0 Å². The number of sulfonamides is 1. The van der Waals surface area contributed by atoms with Gasteiger partial charge in [0, 0.05) is 31.1 Å². The summed E-state index contributed by atoms with van der Waals surface area (Å²) in [7, 11) is -3.54. The molecule has 0 radical (unpaired) electrons. The van der Waals surface area contributed by atoms with Crippen molar-refractivity contribution in [3.8, 4) is 0 Å². The van der Waals surface area contributed by atoms with E-state index < -0.39 is 10.0 Å². The highest BCUT2D eigenvalue weighted by molar-refractivity contribution is 7.89.